The summed E-state index contributed by atoms with van der Waals surface area (Å²) < 4.78 is 9.92. The largest absolute Gasteiger partial charge is 0.469 e. The number of hydrogen-bond acceptors (Lipinski definition) is 4. The van der Waals surface area contributed by atoms with Crippen LogP contribution >= 0.6 is 12.4 Å². The third-order valence-electron chi connectivity index (χ3n) is 2.01. The van der Waals surface area contributed by atoms with E-state index in [-0.39, 0.29) is 24.8 Å². The van der Waals surface area contributed by atoms with E-state index in [9.17, 15) is 4.79 Å². The van der Waals surface area contributed by atoms with Gasteiger partial charge in [0.15, 0.2) is 0 Å². The summed E-state index contributed by atoms with van der Waals surface area (Å²) in [6.45, 7) is 1.99. The maximum Gasteiger partial charge on any atom is 0.307 e. The van der Waals surface area contributed by atoms with E-state index in [1.165, 1.54) is 7.11 Å². The van der Waals surface area contributed by atoms with E-state index in [4.69, 9.17) is 10.2 Å². The van der Waals surface area contributed by atoms with Gasteiger partial charge in [-0.05, 0) is 12.1 Å². The van der Waals surface area contributed by atoms with Gasteiger partial charge < -0.3 is 14.9 Å². The third-order valence-corrected chi connectivity index (χ3v) is 2.01. The molecule has 0 unspecified atom stereocenters. The highest BCUT2D eigenvalue weighted by Gasteiger charge is 2.15. The first-order valence-corrected chi connectivity index (χ1v) is 4.58. The highest BCUT2D eigenvalue weighted by Crippen LogP contribution is 2.17. The Balaban J connectivity index is 0.00000196. The van der Waals surface area contributed by atoms with Crippen LogP contribution in [0.15, 0.2) is 16.5 Å². The van der Waals surface area contributed by atoms with Gasteiger partial charge in [-0.1, -0.05) is 6.92 Å². The number of esters is 1. The highest BCUT2D eigenvalue weighted by atomic mass is 35.5. The lowest BCUT2D eigenvalue weighted by Crippen LogP contribution is -2.15. The zero-order valence-electron chi connectivity index (χ0n) is 8.86. The molecule has 0 amide bonds. The van der Waals surface area contributed by atoms with Crippen LogP contribution in [0.5, 0.6) is 0 Å². The van der Waals surface area contributed by atoms with E-state index in [2.05, 4.69) is 4.74 Å². The maximum absolute atomic E-state index is 10.9. The maximum atomic E-state index is 10.9. The molecule has 0 aromatic carbocycles. The number of ether oxygens (including phenoxy) is 1. The SMILES string of the molecule is CCc1ccc([C@H](N)CC(=O)OC)o1.Cl. The molecule has 5 heteroatoms. The van der Waals surface area contributed by atoms with Gasteiger partial charge in [-0.3, -0.25) is 4.79 Å². The first kappa shape index (κ1) is 14.0. The van der Waals surface area contributed by atoms with Crippen LogP contribution in [-0.2, 0) is 16.0 Å². The summed E-state index contributed by atoms with van der Waals surface area (Å²) in [5, 5.41) is 0. The van der Waals surface area contributed by atoms with Crippen LogP contribution in [0.2, 0.25) is 0 Å². The zero-order valence-corrected chi connectivity index (χ0v) is 9.67. The third kappa shape index (κ3) is 3.93. The molecule has 0 spiro atoms. The first-order chi connectivity index (χ1) is 6.67. The average molecular weight is 234 g/mol. The van der Waals surface area contributed by atoms with E-state index in [0.29, 0.717) is 5.76 Å². The predicted octanol–water partition coefficient (Wildman–Crippen LogP) is 1.83. The summed E-state index contributed by atoms with van der Waals surface area (Å²) in [5.74, 6) is 1.18. The van der Waals surface area contributed by atoms with Crippen molar-refractivity contribution in [2.75, 3.05) is 7.11 Å². The molecule has 15 heavy (non-hydrogen) atoms. The molecular weight excluding hydrogens is 218 g/mol. The molecule has 0 radical (unpaired) electrons. The summed E-state index contributed by atoms with van der Waals surface area (Å²) in [7, 11) is 1.34. The number of furan rings is 1. The Bertz CT molecular complexity index is 311. The molecule has 1 rings (SSSR count). The van der Waals surface area contributed by atoms with Crippen LogP contribution in [0.25, 0.3) is 0 Å². The van der Waals surface area contributed by atoms with Gasteiger partial charge in [-0.25, -0.2) is 0 Å². The Hall–Kier alpha value is -1.00. The quantitative estimate of drug-likeness (QED) is 0.806. The summed E-state index contributed by atoms with van der Waals surface area (Å²) in [6, 6.07) is 3.25. The number of methoxy groups -OCH3 is 1. The lowest BCUT2D eigenvalue weighted by Gasteiger charge is -2.06. The standard InChI is InChI=1S/C10H15NO3.ClH/c1-3-7-4-5-9(14-7)8(11)6-10(12)13-2;/h4-5,8H,3,6,11H2,1-2H3;1H/t8-;/m1./s1. The highest BCUT2D eigenvalue weighted by molar-refractivity contribution is 5.85. The fourth-order valence-corrected chi connectivity index (χ4v) is 1.15. The van der Waals surface area contributed by atoms with E-state index in [1.807, 2.05) is 13.0 Å². The normalized spacial score (nSPS) is 11.7. The molecule has 1 heterocycles. The van der Waals surface area contributed by atoms with Crippen molar-refractivity contribution in [1.82, 2.24) is 0 Å². The average Bonchev–Trinajstić information content (AvgIpc) is 2.65. The number of carbonyl (C=O) groups excluding carboxylic acids is 1. The molecule has 86 valence electrons. The fourth-order valence-electron chi connectivity index (χ4n) is 1.15. The van der Waals surface area contributed by atoms with Crippen LogP contribution in [0.1, 0.15) is 30.9 Å². The van der Waals surface area contributed by atoms with E-state index < -0.39 is 6.04 Å². The van der Waals surface area contributed by atoms with Gasteiger partial charge in [0, 0.05) is 6.42 Å². The minimum atomic E-state index is -0.414. The van der Waals surface area contributed by atoms with Crippen molar-refractivity contribution >= 4 is 18.4 Å². The Kier molecular flexibility index (Phi) is 6.05. The Morgan fingerprint density at radius 2 is 2.27 bits per heavy atom. The second-order valence-corrected chi connectivity index (χ2v) is 3.04. The summed E-state index contributed by atoms with van der Waals surface area (Å²) >= 11 is 0. The van der Waals surface area contributed by atoms with Gasteiger partial charge in [-0.2, -0.15) is 0 Å². The summed E-state index contributed by atoms with van der Waals surface area (Å²) in [6.07, 6.45) is 0.970. The van der Waals surface area contributed by atoms with Crippen LogP contribution < -0.4 is 5.73 Å². The fraction of sp³-hybridized carbons (Fsp3) is 0.500. The Morgan fingerprint density at radius 1 is 1.60 bits per heavy atom. The van der Waals surface area contributed by atoms with Gasteiger partial charge in [0.25, 0.3) is 0 Å². The minimum Gasteiger partial charge on any atom is -0.469 e. The summed E-state index contributed by atoms with van der Waals surface area (Å²) in [5.41, 5.74) is 5.74. The molecular formula is C10H16ClNO3. The lowest BCUT2D eigenvalue weighted by atomic mass is 10.2. The number of halogens is 1. The van der Waals surface area contributed by atoms with Crippen molar-refractivity contribution in [3.8, 4) is 0 Å². The Labute approximate surface area is 95.2 Å². The van der Waals surface area contributed by atoms with Crippen molar-refractivity contribution in [3.63, 3.8) is 0 Å². The molecule has 4 nitrogen and oxygen atoms in total. The monoisotopic (exact) mass is 233 g/mol. The molecule has 1 aromatic heterocycles. The van der Waals surface area contributed by atoms with Crippen LogP contribution in [0, 0.1) is 0 Å². The molecule has 0 bridgehead atoms. The van der Waals surface area contributed by atoms with Crippen LogP contribution in [0.3, 0.4) is 0 Å². The number of nitrogens with two attached hydrogens (primary N) is 1. The van der Waals surface area contributed by atoms with Crippen LogP contribution in [-0.4, -0.2) is 13.1 Å². The molecule has 1 aromatic rings. The lowest BCUT2D eigenvalue weighted by molar-refractivity contribution is -0.141. The van der Waals surface area contributed by atoms with Gasteiger partial charge in [0.2, 0.25) is 0 Å². The van der Waals surface area contributed by atoms with Crippen molar-refractivity contribution < 1.29 is 13.9 Å². The van der Waals surface area contributed by atoms with E-state index >= 15 is 0 Å². The molecule has 0 fully saturated rings. The van der Waals surface area contributed by atoms with Gasteiger partial charge >= 0.3 is 5.97 Å². The number of aryl methyl sites for hydroxylation is 1. The molecule has 0 aliphatic carbocycles. The van der Waals surface area contributed by atoms with E-state index in [1.54, 1.807) is 6.07 Å². The number of rotatable bonds is 4. The number of carbonyl (C=O) groups is 1. The predicted molar refractivity (Wildman–Crippen MR) is 58.9 cm³/mol. The van der Waals surface area contributed by atoms with Gasteiger partial charge in [-0.15, -0.1) is 12.4 Å². The topological polar surface area (TPSA) is 65.5 Å². The molecule has 0 saturated carbocycles. The summed E-state index contributed by atoms with van der Waals surface area (Å²) in [4.78, 5) is 10.9. The molecule has 0 aliphatic heterocycles. The first-order valence-electron chi connectivity index (χ1n) is 4.58. The van der Waals surface area contributed by atoms with Gasteiger partial charge in [0.1, 0.15) is 11.5 Å². The molecule has 1 atom stereocenters. The van der Waals surface area contributed by atoms with Gasteiger partial charge in [0.05, 0.1) is 19.6 Å². The molecule has 0 aliphatic rings. The van der Waals surface area contributed by atoms with E-state index in [0.717, 1.165) is 12.2 Å². The van der Waals surface area contributed by atoms with Crippen LogP contribution in [0.4, 0.5) is 0 Å². The zero-order chi connectivity index (χ0) is 10.6. The van der Waals surface area contributed by atoms with Crippen molar-refractivity contribution in [1.29, 1.82) is 0 Å². The molecule has 0 saturated heterocycles. The van der Waals surface area contributed by atoms with Crippen molar-refractivity contribution in [2.45, 2.75) is 25.8 Å². The second-order valence-electron chi connectivity index (χ2n) is 3.04. The Morgan fingerprint density at radius 3 is 2.73 bits per heavy atom. The minimum absolute atomic E-state index is 0. The second kappa shape index (κ2) is 6.48. The molecule has 2 N–H and O–H groups in total. The smallest absolute Gasteiger partial charge is 0.307 e. The number of hydrogen-bond donors (Lipinski definition) is 1. The van der Waals surface area contributed by atoms with Crippen molar-refractivity contribution in [2.24, 2.45) is 5.73 Å². The van der Waals surface area contributed by atoms with Crippen molar-refractivity contribution in [3.05, 3.63) is 23.7 Å².